The summed E-state index contributed by atoms with van der Waals surface area (Å²) in [5.74, 6) is 0. The molecular weight excluding hydrogens is 472 g/mol. The molecule has 0 saturated carbocycles. The molecule has 0 aromatic carbocycles. The third kappa shape index (κ3) is 41.0. The van der Waals surface area contributed by atoms with Crippen molar-refractivity contribution in [1.82, 2.24) is 0 Å². The Morgan fingerprint density at radius 2 is 0.871 bits per heavy atom. The van der Waals surface area contributed by atoms with Crippen LogP contribution in [-0.4, -0.2) is 63.7 Å². The van der Waals surface area contributed by atoms with Crippen molar-refractivity contribution in [1.29, 1.82) is 0 Å². The van der Waals surface area contributed by atoms with Gasteiger partial charge in [-0.3, -0.25) is 0 Å². The fourth-order valence-electron chi connectivity index (χ4n) is 2.44. The minimum Gasteiger partial charge on any atom is -0.716 e. The molecule has 0 atom stereocenters. The Hall–Kier alpha value is 0.160. The van der Waals surface area contributed by atoms with E-state index in [-0.39, 0.29) is 37.7 Å². The van der Waals surface area contributed by atoms with E-state index in [2.05, 4.69) is 22.2 Å². The number of hydrogen-bond acceptors (Lipinski definition) is 8. The fraction of sp³-hybridized carbons (Fsp3) is 0.800. The molecule has 0 fully saturated rings. The van der Waals surface area contributed by atoms with Gasteiger partial charge in [0.05, 0.1) is 0 Å². The molecule has 0 bridgehead atoms. The normalized spacial score (nSPS) is 11.7. The number of allylic oxidation sites excluding steroid dienone is 2. The second-order valence-corrected chi connectivity index (χ2v) is 8.88. The molecule has 8 nitrogen and oxygen atoms in total. The van der Waals surface area contributed by atoms with E-state index in [1.165, 1.54) is 51.4 Å². The Bertz CT molecular complexity index is 576. The van der Waals surface area contributed by atoms with E-state index < -0.39 is 20.8 Å². The quantitative estimate of drug-likeness (QED) is 0.0820. The predicted molar refractivity (Wildman–Crippen MR) is 122 cm³/mol. The topological polar surface area (TPSA) is 133 Å². The van der Waals surface area contributed by atoms with Gasteiger partial charge in [-0.2, -0.15) is 0 Å². The summed E-state index contributed by atoms with van der Waals surface area (Å²) >= 11 is 0. The molecule has 31 heavy (non-hydrogen) atoms. The van der Waals surface area contributed by atoms with Crippen LogP contribution in [0.25, 0.3) is 0 Å². The van der Waals surface area contributed by atoms with Crippen LogP contribution in [0.5, 0.6) is 0 Å². The van der Waals surface area contributed by atoms with Crippen molar-refractivity contribution in [3.63, 3.8) is 0 Å². The van der Waals surface area contributed by atoms with E-state index in [0.717, 1.165) is 51.0 Å². The average Bonchev–Trinajstić information content (AvgIpc) is 2.64. The molecule has 0 amide bonds. The first kappa shape index (κ1) is 35.7. The summed E-state index contributed by atoms with van der Waals surface area (Å²) in [7, 11) is -9.13. The number of hydrogen-bond donors (Lipinski definition) is 0. The second kappa shape index (κ2) is 24.8. The van der Waals surface area contributed by atoms with E-state index >= 15 is 0 Å². The zero-order valence-electron chi connectivity index (χ0n) is 19.0. The van der Waals surface area contributed by atoms with Gasteiger partial charge in [-0.1, -0.05) is 78.1 Å². The maximum absolute atomic E-state index is 10.0. The van der Waals surface area contributed by atoms with Crippen LogP contribution in [0, 0.1) is 0 Å². The molecule has 0 spiro atoms. The molecule has 0 aliphatic rings. The van der Waals surface area contributed by atoms with Crippen molar-refractivity contribution < 1.29 is 34.3 Å². The molecule has 0 unspecified atom stereocenters. The summed E-state index contributed by atoms with van der Waals surface area (Å²) in [6.07, 6.45) is 20.7. The molecule has 0 aromatic rings. The van der Waals surface area contributed by atoms with Crippen LogP contribution < -0.4 is 0 Å². The molecule has 0 aromatic heterocycles. The van der Waals surface area contributed by atoms with E-state index in [0.29, 0.717) is 0 Å². The third-order valence-corrected chi connectivity index (χ3v) is 4.68. The molecule has 0 radical (unpaired) electrons. The zero-order chi connectivity index (χ0) is 23.1. The van der Waals surface area contributed by atoms with Crippen molar-refractivity contribution in [2.45, 2.75) is 104 Å². The smallest absolute Gasteiger partial charge is 0.716 e. The van der Waals surface area contributed by atoms with Crippen LogP contribution >= 0.6 is 0 Å². The number of unbranched alkanes of at least 4 members (excludes halogenated alkanes) is 12. The van der Waals surface area contributed by atoms with Gasteiger partial charge < -0.3 is 17.5 Å². The van der Waals surface area contributed by atoms with Gasteiger partial charge >= 0.3 is 37.7 Å². The minimum absolute atomic E-state index is 0. The molecule has 0 aliphatic carbocycles. The Labute approximate surface area is 219 Å². The third-order valence-electron chi connectivity index (χ3n) is 3.99. The van der Waals surface area contributed by atoms with Gasteiger partial charge in [-0.05, 0) is 37.8 Å². The van der Waals surface area contributed by atoms with Crippen molar-refractivity contribution >= 4 is 58.5 Å². The summed E-state index contributed by atoms with van der Waals surface area (Å²) in [6, 6.07) is 0. The fourth-order valence-corrected chi connectivity index (χ4v) is 2.87. The summed E-state index contributed by atoms with van der Waals surface area (Å²) in [5.41, 5.74) is 0. The molecule has 180 valence electrons. The van der Waals surface area contributed by atoms with Crippen LogP contribution in [0.2, 0.25) is 0 Å². The average molecular weight is 511 g/mol. The predicted octanol–water partition coefficient (Wildman–Crippen LogP) is 5.07. The molecule has 0 aliphatic heterocycles. The molecule has 0 rings (SSSR count). The first-order valence-electron chi connectivity index (χ1n) is 10.7. The molecule has 0 N–H and O–H groups in total. The maximum atomic E-state index is 10.0. The van der Waals surface area contributed by atoms with Crippen LogP contribution in [0.1, 0.15) is 104 Å². The minimum atomic E-state index is -4.57. The summed E-state index contributed by atoms with van der Waals surface area (Å²) in [4.78, 5) is 0. The Morgan fingerprint density at radius 3 is 1.16 bits per heavy atom. The molecule has 0 saturated heterocycles. The van der Waals surface area contributed by atoms with Crippen LogP contribution in [0.4, 0.5) is 0 Å². The van der Waals surface area contributed by atoms with Gasteiger partial charge in [0, 0.05) is 0 Å². The molecule has 0 heterocycles. The molecular formula is C20H38CaO8S2. The van der Waals surface area contributed by atoms with Crippen molar-refractivity contribution in [3.8, 4) is 0 Å². The summed E-state index contributed by atoms with van der Waals surface area (Å²) in [5, 5.41) is 0. The SMILES string of the molecule is CCCCCCCC/C=C/OS(=O)(=O)[O-].CCCCCCCC/C=C/OS(=O)(=O)[O-].[Ca+2]. The Morgan fingerprint density at radius 1 is 0.581 bits per heavy atom. The van der Waals surface area contributed by atoms with Gasteiger partial charge in [-0.15, -0.1) is 0 Å². The van der Waals surface area contributed by atoms with E-state index in [4.69, 9.17) is 0 Å². The molecule has 11 heteroatoms. The van der Waals surface area contributed by atoms with Gasteiger partial charge in [0.2, 0.25) is 0 Å². The summed E-state index contributed by atoms with van der Waals surface area (Å²) in [6.45, 7) is 4.34. The first-order chi connectivity index (χ1) is 14.1. The van der Waals surface area contributed by atoms with Crippen LogP contribution in [0.15, 0.2) is 24.7 Å². The Kier molecular flexibility index (Phi) is 28.6. The van der Waals surface area contributed by atoms with E-state index in [1.54, 1.807) is 12.2 Å². The first-order valence-corrected chi connectivity index (χ1v) is 13.4. The van der Waals surface area contributed by atoms with E-state index in [9.17, 15) is 25.9 Å². The Balaban J connectivity index is -0.000000490. The van der Waals surface area contributed by atoms with Crippen LogP contribution in [-0.2, 0) is 29.2 Å². The van der Waals surface area contributed by atoms with Gasteiger partial charge in [0.25, 0.3) is 20.8 Å². The standard InChI is InChI=1S/2C10H20O4S.Ca/c2*1-2-3-4-5-6-7-8-9-10-14-15(11,12)13;/h2*9-10H,2-8H2,1H3,(H,11,12,13);/q;;+2/p-2/b2*10-9+;. The van der Waals surface area contributed by atoms with Gasteiger partial charge in [0.15, 0.2) is 0 Å². The van der Waals surface area contributed by atoms with Gasteiger partial charge in [0.1, 0.15) is 12.5 Å². The number of rotatable bonds is 18. The maximum Gasteiger partial charge on any atom is 2.00 e. The van der Waals surface area contributed by atoms with Crippen molar-refractivity contribution in [3.05, 3.63) is 24.7 Å². The largest absolute Gasteiger partial charge is 2.00 e. The van der Waals surface area contributed by atoms with Crippen molar-refractivity contribution in [2.24, 2.45) is 0 Å². The summed E-state index contributed by atoms with van der Waals surface area (Å²) < 4.78 is 67.9. The van der Waals surface area contributed by atoms with E-state index in [1.807, 2.05) is 0 Å². The second-order valence-electron chi connectivity index (χ2n) is 6.87. The van der Waals surface area contributed by atoms with Gasteiger partial charge in [-0.25, -0.2) is 16.8 Å². The van der Waals surface area contributed by atoms with Crippen molar-refractivity contribution in [2.75, 3.05) is 0 Å². The monoisotopic (exact) mass is 510 g/mol. The zero-order valence-corrected chi connectivity index (χ0v) is 22.8. The van der Waals surface area contributed by atoms with Crippen LogP contribution in [0.3, 0.4) is 0 Å².